The average Bonchev–Trinajstić information content (AvgIpc) is 2.91. The van der Waals surface area contributed by atoms with Crippen LogP contribution >= 0.6 is 0 Å². The van der Waals surface area contributed by atoms with Gasteiger partial charge in [-0.15, -0.1) is 0 Å². The molecule has 1 aromatic rings. The molecule has 2 heterocycles. The van der Waals surface area contributed by atoms with E-state index in [9.17, 15) is 22.8 Å². The molecule has 1 aliphatic heterocycles. The first kappa shape index (κ1) is 16.3. The number of aliphatic carboxylic acids is 1. The molecule has 5 nitrogen and oxygen atoms in total. The van der Waals surface area contributed by atoms with Gasteiger partial charge in [-0.2, -0.15) is 13.2 Å². The first-order chi connectivity index (χ1) is 10.3. The fourth-order valence-corrected chi connectivity index (χ4v) is 2.53. The molecule has 120 valence electrons. The molecule has 22 heavy (non-hydrogen) atoms. The summed E-state index contributed by atoms with van der Waals surface area (Å²) in [5, 5.41) is 8.91. The highest BCUT2D eigenvalue weighted by Gasteiger charge is 2.53. The Bertz CT molecular complexity index is 548. The third-order valence-corrected chi connectivity index (χ3v) is 3.73. The number of amides is 1. The Balaban J connectivity index is 1.98. The number of aryl methyl sites for hydroxylation is 1. The maximum Gasteiger partial charge on any atom is 0.394 e. The molecular formula is C14H15F3N2O3. The van der Waals surface area contributed by atoms with Gasteiger partial charge < -0.3 is 10.0 Å². The van der Waals surface area contributed by atoms with Crippen molar-refractivity contribution in [3.63, 3.8) is 0 Å². The number of nitrogens with zero attached hydrogens (tertiary/aromatic N) is 2. The van der Waals surface area contributed by atoms with Crippen molar-refractivity contribution in [2.45, 2.75) is 19.0 Å². The van der Waals surface area contributed by atoms with Crippen LogP contribution in [0.3, 0.4) is 0 Å². The smallest absolute Gasteiger partial charge is 0.394 e. The first-order valence-electron chi connectivity index (χ1n) is 6.76. The summed E-state index contributed by atoms with van der Waals surface area (Å²) in [7, 11) is 0. The number of carboxylic acid groups (broad SMARTS) is 1. The van der Waals surface area contributed by atoms with Gasteiger partial charge >= 0.3 is 12.1 Å². The summed E-state index contributed by atoms with van der Waals surface area (Å²) in [6.45, 7) is -0.998. The normalized spacial score (nSPS) is 21.9. The molecule has 1 aromatic heterocycles. The predicted octanol–water partition coefficient (Wildman–Crippen LogP) is 1.74. The van der Waals surface area contributed by atoms with E-state index < -0.39 is 43.0 Å². The molecule has 1 fully saturated rings. The van der Waals surface area contributed by atoms with Crippen molar-refractivity contribution < 1.29 is 27.9 Å². The van der Waals surface area contributed by atoms with Gasteiger partial charge in [0.05, 0.1) is 11.8 Å². The van der Waals surface area contributed by atoms with Crippen molar-refractivity contribution in [3.8, 4) is 0 Å². The van der Waals surface area contributed by atoms with Gasteiger partial charge in [-0.25, -0.2) is 0 Å². The number of aromatic nitrogens is 1. The fraction of sp³-hybridized carbons (Fsp3) is 0.500. The summed E-state index contributed by atoms with van der Waals surface area (Å²) in [5.74, 6) is -5.62. The van der Waals surface area contributed by atoms with Crippen molar-refractivity contribution in [2.75, 3.05) is 13.1 Å². The van der Waals surface area contributed by atoms with Gasteiger partial charge in [-0.3, -0.25) is 14.6 Å². The molecule has 8 heteroatoms. The number of carboxylic acids is 1. The van der Waals surface area contributed by atoms with E-state index in [0.29, 0.717) is 12.1 Å². The maximum absolute atomic E-state index is 12.8. The molecule has 0 saturated carbocycles. The predicted molar refractivity (Wildman–Crippen MR) is 69.8 cm³/mol. The molecule has 1 N–H and O–H groups in total. The molecule has 0 radical (unpaired) electrons. The molecule has 1 aliphatic rings. The lowest BCUT2D eigenvalue weighted by Crippen LogP contribution is -2.34. The second-order valence-corrected chi connectivity index (χ2v) is 5.21. The zero-order chi connectivity index (χ0) is 16.3. The summed E-state index contributed by atoms with van der Waals surface area (Å²) in [6.07, 6.45) is -2.74. The minimum atomic E-state index is -4.63. The van der Waals surface area contributed by atoms with Gasteiger partial charge in [0, 0.05) is 31.4 Å². The van der Waals surface area contributed by atoms with Crippen LogP contribution in [0.15, 0.2) is 24.4 Å². The molecule has 2 rings (SSSR count). The maximum atomic E-state index is 12.8. The van der Waals surface area contributed by atoms with Crippen molar-refractivity contribution >= 4 is 11.9 Å². The standard InChI is InChI=1S/C14H15F3N2O3/c15-14(16,17)11-8-19(7-10(11)13(21)22)12(20)5-4-9-3-1-2-6-18-9/h1-3,6,10-11H,4-5,7-8H2,(H,21,22)/t10-,11-/m1/s1. The highest BCUT2D eigenvalue weighted by atomic mass is 19.4. The number of carbonyl (C=O) groups is 2. The van der Waals surface area contributed by atoms with Crippen LogP contribution in [0.5, 0.6) is 0 Å². The van der Waals surface area contributed by atoms with E-state index in [1.807, 2.05) is 0 Å². The third-order valence-electron chi connectivity index (χ3n) is 3.73. The van der Waals surface area contributed by atoms with Gasteiger partial charge in [0.15, 0.2) is 0 Å². The molecule has 0 unspecified atom stereocenters. The zero-order valence-corrected chi connectivity index (χ0v) is 11.6. The number of hydrogen-bond acceptors (Lipinski definition) is 3. The lowest BCUT2D eigenvalue weighted by Gasteiger charge is -2.18. The number of hydrogen-bond donors (Lipinski definition) is 1. The third kappa shape index (κ3) is 3.75. The molecule has 0 aromatic carbocycles. The largest absolute Gasteiger partial charge is 0.481 e. The van der Waals surface area contributed by atoms with E-state index in [-0.39, 0.29) is 6.42 Å². The average molecular weight is 316 g/mol. The first-order valence-corrected chi connectivity index (χ1v) is 6.76. The molecule has 0 aliphatic carbocycles. The number of likely N-dealkylation sites (tertiary alicyclic amines) is 1. The summed E-state index contributed by atoms with van der Waals surface area (Å²) < 4.78 is 38.5. The van der Waals surface area contributed by atoms with E-state index in [4.69, 9.17) is 5.11 Å². The summed E-state index contributed by atoms with van der Waals surface area (Å²) in [5.41, 5.74) is 0.664. The van der Waals surface area contributed by atoms with E-state index in [2.05, 4.69) is 4.98 Å². The van der Waals surface area contributed by atoms with Crippen molar-refractivity contribution in [1.82, 2.24) is 9.88 Å². The molecule has 2 atom stereocenters. The summed E-state index contributed by atoms with van der Waals surface area (Å²) in [6, 6.07) is 5.19. The molecule has 1 saturated heterocycles. The topological polar surface area (TPSA) is 70.5 Å². The molecule has 0 bridgehead atoms. The van der Waals surface area contributed by atoms with Crippen LogP contribution in [-0.4, -0.2) is 46.1 Å². The molecular weight excluding hydrogens is 301 g/mol. The Hall–Kier alpha value is -2.12. The summed E-state index contributed by atoms with van der Waals surface area (Å²) >= 11 is 0. The van der Waals surface area contributed by atoms with Crippen molar-refractivity contribution in [2.24, 2.45) is 11.8 Å². The number of alkyl halides is 3. The minimum absolute atomic E-state index is 0.00787. The van der Waals surface area contributed by atoms with Crippen LogP contribution < -0.4 is 0 Å². The van der Waals surface area contributed by atoms with E-state index in [1.54, 1.807) is 24.4 Å². The van der Waals surface area contributed by atoms with Gasteiger partial charge in [-0.05, 0) is 18.6 Å². The number of rotatable bonds is 4. The van der Waals surface area contributed by atoms with Gasteiger partial charge in [0.25, 0.3) is 0 Å². The van der Waals surface area contributed by atoms with Crippen LogP contribution in [0.2, 0.25) is 0 Å². The molecule has 1 amide bonds. The molecule has 0 spiro atoms. The Kier molecular flexibility index (Phi) is 4.68. The van der Waals surface area contributed by atoms with Crippen LogP contribution in [0, 0.1) is 11.8 Å². The fourth-order valence-electron chi connectivity index (χ4n) is 2.53. The van der Waals surface area contributed by atoms with Crippen LogP contribution in [-0.2, 0) is 16.0 Å². The van der Waals surface area contributed by atoms with Crippen LogP contribution in [0.1, 0.15) is 12.1 Å². The highest BCUT2D eigenvalue weighted by Crippen LogP contribution is 2.37. The lowest BCUT2D eigenvalue weighted by molar-refractivity contribution is -0.188. The van der Waals surface area contributed by atoms with E-state index in [0.717, 1.165) is 4.90 Å². The van der Waals surface area contributed by atoms with E-state index >= 15 is 0 Å². The Morgan fingerprint density at radius 3 is 2.55 bits per heavy atom. The van der Waals surface area contributed by atoms with E-state index in [1.165, 1.54) is 0 Å². The monoisotopic (exact) mass is 316 g/mol. The second kappa shape index (κ2) is 6.33. The van der Waals surface area contributed by atoms with Gasteiger partial charge in [-0.1, -0.05) is 6.07 Å². The number of halogens is 3. The Morgan fingerprint density at radius 1 is 1.32 bits per heavy atom. The Labute approximate surface area is 124 Å². The van der Waals surface area contributed by atoms with Crippen LogP contribution in [0.4, 0.5) is 13.2 Å². The van der Waals surface area contributed by atoms with Crippen LogP contribution in [0.25, 0.3) is 0 Å². The van der Waals surface area contributed by atoms with Crippen molar-refractivity contribution in [1.29, 1.82) is 0 Å². The van der Waals surface area contributed by atoms with Crippen molar-refractivity contribution in [3.05, 3.63) is 30.1 Å². The lowest BCUT2D eigenvalue weighted by atomic mass is 9.96. The number of carbonyl (C=O) groups excluding carboxylic acids is 1. The van der Waals surface area contributed by atoms with Gasteiger partial charge in [0.1, 0.15) is 0 Å². The number of pyridine rings is 1. The SMILES string of the molecule is O=C(O)[C@@H]1CN(C(=O)CCc2ccccn2)C[C@H]1C(F)(F)F. The zero-order valence-electron chi connectivity index (χ0n) is 11.6. The van der Waals surface area contributed by atoms with Gasteiger partial charge in [0.2, 0.25) is 5.91 Å². The quantitative estimate of drug-likeness (QED) is 0.918. The summed E-state index contributed by atoms with van der Waals surface area (Å²) in [4.78, 5) is 28.0. The minimum Gasteiger partial charge on any atom is -0.481 e. The second-order valence-electron chi connectivity index (χ2n) is 5.21. The Morgan fingerprint density at radius 2 is 2.05 bits per heavy atom. The highest BCUT2D eigenvalue weighted by molar-refractivity contribution is 5.79.